The minimum atomic E-state index is -3.23. The van der Waals surface area contributed by atoms with Crippen molar-refractivity contribution in [3.63, 3.8) is 0 Å². The van der Waals surface area contributed by atoms with Gasteiger partial charge in [0.05, 0.1) is 35.8 Å². The summed E-state index contributed by atoms with van der Waals surface area (Å²) in [6.45, 7) is 5.18. The highest BCUT2D eigenvalue weighted by molar-refractivity contribution is 7.88. The topological polar surface area (TPSA) is 136 Å². The summed E-state index contributed by atoms with van der Waals surface area (Å²) < 4.78 is 30.5. The van der Waals surface area contributed by atoms with Crippen molar-refractivity contribution in [3.05, 3.63) is 30.0 Å². The van der Waals surface area contributed by atoms with E-state index in [4.69, 9.17) is 9.72 Å². The number of H-pyrrole nitrogens is 2. The number of ether oxygens (including phenoxy) is 1. The molecule has 3 N–H and O–H groups in total. The van der Waals surface area contributed by atoms with Crippen LogP contribution in [0.25, 0.3) is 22.6 Å². The van der Waals surface area contributed by atoms with E-state index in [9.17, 15) is 13.2 Å². The maximum Gasteiger partial charge on any atom is 0.227 e. The Morgan fingerprint density at radius 1 is 1.17 bits per heavy atom. The zero-order valence-electron chi connectivity index (χ0n) is 20.5. The van der Waals surface area contributed by atoms with Gasteiger partial charge in [0.25, 0.3) is 0 Å². The maximum atomic E-state index is 12.9. The van der Waals surface area contributed by atoms with Crippen LogP contribution in [0.1, 0.15) is 31.2 Å². The third-order valence-corrected chi connectivity index (χ3v) is 8.25. The van der Waals surface area contributed by atoms with Crippen molar-refractivity contribution >= 4 is 32.7 Å². The largest absolute Gasteiger partial charge is 0.380 e. The average Bonchev–Trinajstić information content (AvgIpc) is 3.46. The molecule has 1 amide bonds. The van der Waals surface area contributed by atoms with Crippen LogP contribution in [0.5, 0.6) is 0 Å². The second-order valence-corrected chi connectivity index (χ2v) is 11.6. The highest BCUT2D eigenvalue weighted by Gasteiger charge is 2.29. The molecule has 0 unspecified atom stereocenters. The van der Waals surface area contributed by atoms with Gasteiger partial charge in [-0.3, -0.25) is 14.8 Å². The van der Waals surface area contributed by atoms with Crippen LogP contribution >= 0.6 is 0 Å². The Morgan fingerprint density at radius 3 is 2.81 bits per heavy atom. The van der Waals surface area contributed by atoms with Crippen molar-refractivity contribution in [2.45, 2.75) is 32.2 Å². The van der Waals surface area contributed by atoms with Crippen molar-refractivity contribution in [2.24, 2.45) is 5.92 Å². The van der Waals surface area contributed by atoms with E-state index in [1.807, 2.05) is 6.07 Å². The van der Waals surface area contributed by atoms with Crippen LogP contribution in [-0.2, 0) is 26.1 Å². The Labute approximate surface area is 210 Å². The number of amides is 1. The fraction of sp³-hybridized carbons (Fsp3) is 0.542. The van der Waals surface area contributed by atoms with Gasteiger partial charge < -0.3 is 15.0 Å². The number of sulfonamides is 1. The molecule has 0 saturated carbocycles. The molecule has 0 radical (unpaired) electrons. The number of nitrogens with one attached hydrogen (secondary N) is 3. The Bertz CT molecular complexity index is 1300. The first-order chi connectivity index (χ1) is 17.4. The molecule has 2 saturated heterocycles. The summed E-state index contributed by atoms with van der Waals surface area (Å²) in [6, 6.07) is 6.23. The fourth-order valence-electron chi connectivity index (χ4n) is 4.88. The van der Waals surface area contributed by atoms with E-state index in [1.165, 1.54) is 16.1 Å². The molecule has 0 bridgehead atoms. The average molecular weight is 516 g/mol. The van der Waals surface area contributed by atoms with Gasteiger partial charge in [-0.25, -0.2) is 17.7 Å². The molecule has 36 heavy (non-hydrogen) atoms. The zero-order valence-corrected chi connectivity index (χ0v) is 21.3. The summed E-state index contributed by atoms with van der Waals surface area (Å²) >= 11 is 0. The summed E-state index contributed by atoms with van der Waals surface area (Å²) in [4.78, 5) is 23.4. The smallest absolute Gasteiger partial charge is 0.227 e. The molecule has 2 aliphatic rings. The number of carbonyl (C=O) groups is 1. The van der Waals surface area contributed by atoms with E-state index in [1.54, 1.807) is 6.20 Å². The Kier molecular flexibility index (Phi) is 7.37. The Balaban J connectivity index is 1.26. The zero-order chi connectivity index (χ0) is 25.1. The lowest BCUT2D eigenvalue weighted by molar-refractivity contribution is -0.120. The summed E-state index contributed by atoms with van der Waals surface area (Å²) in [7, 11) is -3.23. The predicted molar refractivity (Wildman–Crippen MR) is 137 cm³/mol. The molecule has 2 fully saturated rings. The number of nitrogens with zero attached hydrogens (tertiary/aromatic N) is 4. The van der Waals surface area contributed by atoms with Gasteiger partial charge >= 0.3 is 0 Å². The third-order valence-electron chi connectivity index (χ3n) is 6.95. The Morgan fingerprint density at radius 2 is 2.00 bits per heavy atom. The lowest BCUT2D eigenvalue weighted by atomic mass is 9.97. The van der Waals surface area contributed by atoms with Gasteiger partial charge in [0.2, 0.25) is 15.9 Å². The van der Waals surface area contributed by atoms with Crippen LogP contribution in [0.4, 0.5) is 5.69 Å². The summed E-state index contributed by atoms with van der Waals surface area (Å²) in [5.41, 5.74) is 4.12. The molecule has 5 rings (SSSR count). The quantitative estimate of drug-likeness (QED) is 0.458. The number of hydrogen-bond acceptors (Lipinski definition) is 7. The minimum Gasteiger partial charge on any atom is -0.380 e. The number of benzene rings is 1. The van der Waals surface area contributed by atoms with E-state index < -0.39 is 10.0 Å². The van der Waals surface area contributed by atoms with Crippen molar-refractivity contribution in [2.75, 3.05) is 51.0 Å². The molecule has 12 heteroatoms. The molecular weight excluding hydrogens is 482 g/mol. The van der Waals surface area contributed by atoms with Gasteiger partial charge in [-0.2, -0.15) is 5.10 Å². The molecule has 194 valence electrons. The SMILES string of the molecule is CS(=O)(=O)N1CCC(C(=O)Nc2cn[nH]c2-c2nc3ccc(CN4CCCCOCC4)cc3[nH]2)CC1. The summed E-state index contributed by atoms with van der Waals surface area (Å²) in [5.74, 6) is 0.209. The number of imidazole rings is 1. The van der Waals surface area contributed by atoms with Gasteiger partial charge in [0.1, 0.15) is 5.69 Å². The molecular formula is C24H33N7O4S. The van der Waals surface area contributed by atoms with Crippen molar-refractivity contribution < 1.29 is 17.9 Å². The van der Waals surface area contributed by atoms with E-state index in [0.29, 0.717) is 43.1 Å². The first-order valence-corrected chi connectivity index (χ1v) is 14.3. The summed E-state index contributed by atoms with van der Waals surface area (Å²) in [6.07, 6.45) is 5.99. The third kappa shape index (κ3) is 5.77. The van der Waals surface area contributed by atoms with E-state index in [-0.39, 0.29) is 11.8 Å². The van der Waals surface area contributed by atoms with Crippen LogP contribution in [0, 0.1) is 5.92 Å². The molecule has 2 aliphatic heterocycles. The second-order valence-electron chi connectivity index (χ2n) is 9.62. The first kappa shape index (κ1) is 24.9. The molecule has 11 nitrogen and oxygen atoms in total. The monoisotopic (exact) mass is 515 g/mol. The summed E-state index contributed by atoms with van der Waals surface area (Å²) in [5, 5.41) is 10.0. The minimum absolute atomic E-state index is 0.138. The normalized spacial score (nSPS) is 19.2. The number of aromatic nitrogens is 4. The van der Waals surface area contributed by atoms with E-state index >= 15 is 0 Å². The van der Waals surface area contributed by atoms with Gasteiger partial charge in [-0.15, -0.1) is 0 Å². The second kappa shape index (κ2) is 10.7. The van der Waals surface area contributed by atoms with Gasteiger partial charge in [0, 0.05) is 38.7 Å². The number of hydrogen-bond donors (Lipinski definition) is 3. The molecule has 1 aromatic carbocycles. The molecule has 4 heterocycles. The number of fused-ring (bicyclic) bond motifs is 1. The predicted octanol–water partition coefficient (Wildman–Crippen LogP) is 2.18. The standard InChI is InChI=1S/C24H33N7O4S/c1-36(33,34)31-9-6-18(7-10-31)24(32)28-21-15-25-29-22(21)23-26-19-5-4-17(14-20(19)27-23)16-30-8-2-3-12-35-13-11-30/h4-5,14-15,18H,2-3,6-13,16H2,1H3,(H,25,29)(H,26,27)(H,28,32). The molecule has 0 spiro atoms. The molecule has 2 aromatic heterocycles. The number of anilines is 1. The van der Waals surface area contributed by atoms with Gasteiger partial charge in [-0.1, -0.05) is 6.07 Å². The van der Waals surface area contributed by atoms with Crippen molar-refractivity contribution in [1.29, 1.82) is 0 Å². The number of carbonyl (C=O) groups excluding carboxylic acids is 1. The lowest BCUT2D eigenvalue weighted by Crippen LogP contribution is -2.40. The van der Waals surface area contributed by atoms with Crippen LogP contribution in [0.15, 0.2) is 24.4 Å². The number of piperidine rings is 1. The van der Waals surface area contributed by atoms with Gasteiger partial charge in [-0.05, 0) is 49.9 Å². The first-order valence-electron chi connectivity index (χ1n) is 12.5. The fourth-order valence-corrected chi connectivity index (χ4v) is 5.76. The van der Waals surface area contributed by atoms with Crippen LogP contribution < -0.4 is 5.32 Å². The lowest BCUT2D eigenvalue weighted by Gasteiger charge is -2.29. The highest BCUT2D eigenvalue weighted by Crippen LogP contribution is 2.28. The maximum absolute atomic E-state index is 12.9. The molecule has 3 aromatic rings. The van der Waals surface area contributed by atoms with E-state index in [0.717, 1.165) is 56.7 Å². The molecule has 0 aliphatic carbocycles. The van der Waals surface area contributed by atoms with Crippen LogP contribution in [-0.4, -0.2) is 89.3 Å². The number of aromatic amines is 2. The molecule has 0 atom stereocenters. The van der Waals surface area contributed by atoms with E-state index in [2.05, 4.69) is 37.5 Å². The number of rotatable bonds is 6. The van der Waals surface area contributed by atoms with Gasteiger partial charge in [0.15, 0.2) is 5.82 Å². The van der Waals surface area contributed by atoms with Crippen molar-refractivity contribution in [1.82, 2.24) is 29.4 Å². The van der Waals surface area contributed by atoms with Crippen LogP contribution in [0.3, 0.4) is 0 Å². The van der Waals surface area contributed by atoms with Crippen molar-refractivity contribution in [3.8, 4) is 11.5 Å². The Hall–Kier alpha value is -2.80. The highest BCUT2D eigenvalue weighted by atomic mass is 32.2. The van der Waals surface area contributed by atoms with Crippen LogP contribution in [0.2, 0.25) is 0 Å².